The highest BCUT2D eigenvalue weighted by Gasteiger charge is 2.13. The highest BCUT2D eigenvalue weighted by Crippen LogP contribution is 2.29. The first-order chi connectivity index (χ1) is 11.6. The van der Waals surface area contributed by atoms with Crippen molar-refractivity contribution in [3.8, 4) is 16.9 Å². The summed E-state index contributed by atoms with van der Waals surface area (Å²) in [5, 5.41) is 3.36. The van der Waals surface area contributed by atoms with Gasteiger partial charge in [-0.2, -0.15) is 8.78 Å². The zero-order valence-electron chi connectivity index (χ0n) is 13.5. The van der Waals surface area contributed by atoms with Gasteiger partial charge in [0.1, 0.15) is 0 Å². The van der Waals surface area contributed by atoms with Crippen LogP contribution in [0.3, 0.4) is 0 Å². The number of hydrogen-bond acceptors (Lipinski definition) is 3. The molecule has 1 unspecified atom stereocenters. The van der Waals surface area contributed by atoms with E-state index < -0.39 is 6.61 Å². The molecule has 1 atom stereocenters. The highest BCUT2D eigenvalue weighted by molar-refractivity contribution is 5.70. The van der Waals surface area contributed by atoms with Crippen molar-refractivity contribution < 1.29 is 13.5 Å². The van der Waals surface area contributed by atoms with Gasteiger partial charge in [-0.05, 0) is 36.7 Å². The van der Waals surface area contributed by atoms with Gasteiger partial charge < -0.3 is 14.5 Å². The highest BCUT2D eigenvalue weighted by atomic mass is 19.3. The Kier molecular flexibility index (Phi) is 4.76. The first-order valence-electron chi connectivity index (χ1n) is 7.83. The van der Waals surface area contributed by atoms with E-state index in [4.69, 9.17) is 0 Å². The van der Waals surface area contributed by atoms with Crippen LogP contribution in [0, 0.1) is 0 Å². The molecule has 0 saturated heterocycles. The van der Waals surface area contributed by atoms with Crippen molar-refractivity contribution in [1.82, 2.24) is 14.7 Å². The molecule has 3 rings (SSSR count). The number of alkyl halides is 2. The van der Waals surface area contributed by atoms with Crippen LogP contribution >= 0.6 is 0 Å². The zero-order chi connectivity index (χ0) is 17.1. The normalized spacial score (nSPS) is 12.7. The van der Waals surface area contributed by atoms with Crippen LogP contribution in [0.15, 0.2) is 48.9 Å². The molecule has 0 saturated carbocycles. The number of aromatic nitrogens is 2. The smallest absolute Gasteiger partial charge is 0.387 e. The molecule has 0 amide bonds. The summed E-state index contributed by atoms with van der Waals surface area (Å²) in [7, 11) is 0. The van der Waals surface area contributed by atoms with E-state index in [-0.39, 0.29) is 11.8 Å². The van der Waals surface area contributed by atoms with Crippen molar-refractivity contribution in [2.45, 2.75) is 26.5 Å². The fourth-order valence-corrected chi connectivity index (χ4v) is 2.75. The van der Waals surface area contributed by atoms with Crippen molar-refractivity contribution in [2.75, 3.05) is 6.54 Å². The summed E-state index contributed by atoms with van der Waals surface area (Å²) >= 11 is 0. The van der Waals surface area contributed by atoms with E-state index in [0.717, 1.165) is 23.2 Å². The van der Waals surface area contributed by atoms with Crippen LogP contribution in [0.5, 0.6) is 5.75 Å². The maximum absolute atomic E-state index is 12.7. The molecular weight excluding hydrogens is 312 g/mol. The largest absolute Gasteiger partial charge is 0.431 e. The number of ether oxygens (including phenoxy) is 1. The molecular formula is C18H19F2N3O. The van der Waals surface area contributed by atoms with Crippen LogP contribution in [0.25, 0.3) is 16.8 Å². The maximum Gasteiger partial charge on any atom is 0.387 e. The van der Waals surface area contributed by atoms with Gasteiger partial charge >= 0.3 is 6.61 Å². The molecule has 24 heavy (non-hydrogen) atoms. The predicted molar refractivity (Wildman–Crippen MR) is 89.4 cm³/mol. The molecule has 2 heterocycles. The van der Waals surface area contributed by atoms with Crippen molar-refractivity contribution in [2.24, 2.45) is 0 Å². The van der Waals surface area contributed by atoms with Crippen LogP contribution in [0.2, 0.25) is 0 Å². The molecule has 126 valence electrons. The van der Waals surface area contributed by atoms with E-state index in [1.807, 2.05) is 24.4 Å². The lowest BCUT2D eigenvalue weighted by atomic mass is 10.0. The Morgan fingerprint density at radius 1 is 1.25 bits per heavy atom. The lowest BCUT2D eigenvalue weighted by molar-refractivity contribution is -0.0491. The average molecular weight is 331 g/mol. The fourth-order valence-electron chi connectivity index (χ4n) is 2.75. The minimum Gasteiger partial charge on any atom is -0.431 e. The number of hydrogen-bond donors (Lipinski definition) is 1. The molecule has 3 aromatic rings. The van der Waals surface area contributed by atoms with Gasteiger partial charge in [-0.25, -0.2) is 4.98 Å². The SMILES string of the molecule is CCNC(C)c1cccc(-c2cc(OC(F)F)c3nccn3c2)c1. The van der Waals surface area contributed by atoms with E-state index in [9.17, 15) is 8.78 Å². The summed E-state index contributed by atoms with van der Waals surface area (Å²) in [4.78, 5) is 4.07. The number of nitrogens with one attached hydrogen (secondary N) is 1. The molecule has 0 aliphatic carbocycles. The molecule has 0 fully saturated rings. The molecule has 0 radical (unpaired) electrons. The van der Waals surface area contributed by atoms with E-state index in [0.29, 0.717) is 5.65 Å². The Balaban J connectivity index is 2.04. The summed E-state index contributed by atoms with van der Waals surface area (Å²) in [5.74, 6) is 0.0673. The summed E-state index contributed by atoms with van der Waals surface area (Å²) in [6.45, 7) is 2.13. The molecule has 1 N–H and O–H groups in total. The quantitative estimate of drug-likeness (QED) is 0.733. The second-order valence-electron chi connectivity index (χ2n) is 5.53. The van der Waals surface area contributed by atoms with Gasteiger partial charge in [-0.3, -0.25) is 0 Å². The lowest BCUT2D eigenvalue weighted by Crippen LogP contribution is -2.17. The average Bonchev–Trinajstić information content (AvgIpc) is 3.03. The number of fused-ring (bicyclic) bond motifs is 1. The number of nitrogens with zero attached hydrogens (tertiary/aromatic N) is 2. The van der Waals surface area contributed by atoms with Gasteiger partial charge in [-0.15, -0.1) is 0 Å². The second kappa shape index (κ2) is 6.97. The third-order valence-electron chi connectivity index (χ3n) is 3.90. The Bertz CT molecular complexity index is 832. The molecule has 0 aliphatic rings. The van der Waals surface area contributed by atoms with Crippen molar-refractivity contribution in [3.63, 3.8) is 0 Å². The Labute approximate surface area is 139 Å². The number of rotatable bonds is 6. The van der Waals surface area contributed by atoms with Gasteiger partial charge in [0.2, 0.25) is 0 Å². The minimum atomic E-state index is -2.89. The summed E-state index contributed by atoms with van der Waals surface area (Å²) in [5.41, 5.74) is 3.24. The van der Waals surface area contributed by atoms with Crippen LogP contribution in [0.4, 0.5) is 8.78 Å². The number of benzene rings is 1. The second-order valence-corrected chi connectivity index (χ2v) is 5.53. The van der Waals surface area contributed by atoms with Crippen molar-refractivity contribution >= 4 is 5.65 Å². The number of halogens is 2. The van der Waals surface area contributed by atoms with Crippen LogP contribution < -0.4 is 10.1 Å². The van der Waals surface area contributed by atoms with E-state index in [1.165, 1.54) is 0 Å². The van der Waals surface area contributed by atoms with Gasteiger partial charge in [0.05, 0.1) is 0 Å². The van der Waals surface area contributed by atoms with Gasteiger partial charge in [-0.1, -0.05) is 25.1 Å². The van der Waals surface area contributed by atoms with Gasteiger partial charge in [0, 0.05) is 30.2 Å². The number of imidazole rings is 1. The fraction of sp³-hybridized carbons (Fsp3) is 0.278. The van der Waals surface area contributed by atoms with Crippen LogP contribution in [-0.4, -0.2) is 22.5 Å². The van der Waals surface area contributed by atoms with Crippen LogP contribution in [-0.2, 0) is 0 Å². The standard InChI is InChI=1S/C18H19F2N3O/c1-3-21-12(2)13-5-4-6-14(9-13)15-10-16(24-18(19)20)17-22-7-8-23(17)11-15/h4-12,18,21H,3H2,1-2H3. The first kappa shape index (κ1) is 16.4. The van der Waals surface area contributed by atoms with E-state index >= 15 is 0 Å². The number of pyridine rings is 1. The minimum absolute atomic E-state index is 0.0673. The third kappa shape index (κ3) is 3.38. The zero-order valence-corrected chi connectivity index (χ0v) is 13.5. The first-order valence-corrected chi connectivity index (χ1v) is 7.83. The van der Waals surface area contributed by atoms with Crippen LogP contribution in [0.1, 0.15) is 25.5 Å². The van der Waals surface area contributed by atoms with E-state index in [2.05, 4.69) is 35.0 Å². The molecule has 0 bridgehead atoms. The molecule has 4 nitrogen and oxygen atoms in total. The topological polar surface area (TPSA) is 38.6 Å². The van der Waals surface area contributed by atoms with Crippen molar-refractivity contribution in [3.05, 3.63) is 54.5 Å². The summed E-state index contributed by atoms with van der Waals surface area (Å²) in [6, 6.07) is 9.83. The molecule has 0 aliphatic heterocycles. The van der Waals surface area contributed by atoms with Gasteiger partial charge in [0.25, 0.3) is 0 Å². The lowest BCUT2D eigenvalue weighted by Gasteiger charge is -2.15. The third-order valence-corrected chi connectivity index (χ3v) is 3.90. The molecule has 0 spiro atoms. The van der Waals surface area contributed by atoms with E-state index in [1.54, 1.807) is 22.9 Å². The molecule has 1 aromatic carbocycles. The Morgan fingerprint density at radius 3 is 2.83 bits per heavy atom. The predicted octanol–water partition coefficient (Wildman–Crippen LogP) is 4.27. The van der Waals surface area contributed by atoms with Gasteiger partial charge in [0.15, 0.2) is 11.4 Å². The Hall–Kier alpha value is -2.47. The van der Waals surface area contributed by atoms with Crippen molar-refractivity contribution in [1.29, 1.82) is 0 Å². The monoisotopic (exact) mass is 331 g/mol. The summed E-state index contributed by atoms with van der Waals surface area (Å²) in [6.07, 6.45) is 5.13. The molecule has 6 heteroatoms. The maximum atomic E-state index is 12.7. The molecule has 2 aromatic heterocycles. The summed E-state index contributed by atoms with van der Waals surface area (Å²) < 4.78 is 31.7. The Morgan fingerprint density at radius 2 is 2.08 bits per heavy atom.